The van der Waals surface area contributed by atoms with E-state index >= 15 is 0 Å². The summed E-state index contributed by atoms with van der Waals surface area (Å²) in [6.45, 7) is 3.60. The van der Waals surface area contributed by atoms with Crippen molar-refractivity contribution in [2.75, 3.05) is 0 Å². The molecule has 0 aliphatic carbocycles. The van der Waals surface area contributed by atoms with E-state index in [1.54, 1.807) is 38.1 Å². The third-order valence-electron chi connectivity index (χ3n) is 3.12. The van der Waals surface area contributed by atoms with Gasteiger partial charge in [0.2, 0.25) is 5.82 Å². The number of hydrogen-bond donors (Lipinski definition) is 0. The van der Waals surface area contributed by atoms with Crippen LogP contribution in [0.15, 0.2) is 42.7 Å². The Hall–Kier alpha value is -3.29. The molecule has 3 aromatic rings. The van der Waals surface area contributed by atoms with Crippen LogP contribution in [0.2, 0.25) is 0 Å². The topological polar surface area (TPSA) is 96.0 Å². The highest BCUT2D eigenvalue weighted by Crippen LogP contribution is 2.33. The van der Waals surface area contributed by atoms with Crippen LogP contribution in [-0.2, 0) is 0 Å². The summed E-state index contributed by atoms with van der Waals surface area (Å²) in [6.07, 6.45) is 1.22. The maximum atomic E-state index is 11.5. The quantitative estimate of drug-likeness (QED) is 0.543. The first-order valence-electron chi connectivity index (χ1n) is 6.82. The molecule has 3 rings (SSSR count). The Bertz CT molecular complexity index is 861. The molecular formula is C15H13N5O3. The molecule has 0 fully saturated rings. The third kappa shape index (κ3) is 2.86. The minimum absolute atomic E-state index is 0.0709. The highest BCUT2D eigenvalue weighted by Gasteiger charge is 2.27. The zero-order valence-electron chi connectivity index (χ0n) is 12.5. The fourth-order valence-electron chi connectivity index (χ4n) is 2.19. The molecule has 116 valence electrons. The van der Waals surface area contributed by atoms with Crippen molar-refractivity contribution in [3.05, 3.63) is 64.2 Å². The summed E-state index contributed by atoms with van der Waals surface area (Å²) >= 11 is 0. The first-order chi connectivity index (χ1) is 11.1. The van der Waals surface area contributed by atoms with Crippen molar-refractivity contribution in [3.63, 3.8) is 0 Å². The van der Waals surface area contributed by atoms with Crippen molar-refractivity contribution in [3.8, 4) is 17.4 Å². The molecule has 0 N–H and O–H groups in total. The van der Waals surface area contributed by atoms with E-state index in [1.165, 1.54) is 11.0 Å². The van der Waals surface area contributed by atoms with Crippen LogP contribution < -0.4 is 4.74 Å². The number of rotatable bonds is 4. The van der Waals surface area contributed by atoms with Crippen molar-refractivity contribution in [1.82, 2.24) is 19.7 Å². The minimum atomic E-state index is -0.565. The molecule has 0 unspecified atom stereocenters. The van der Waals surface area contributed by atoms with E-state index in [-0.39, 0.29) is 17.4 Å². The Morgan fingerprint density at radius 1 is 1.17 bits per heavy atom. The standard InChI is InChI=1S/C15H13N5O3/c1-10-8-11(2)19(18-10)14-13(20(21)22)15(17-9-16-14)23-12-6-4-3-5-7-12/h3-9H,1-2H3. The fraction of sp³-hybridized carbons (Fsp3) is 0.133. The largest absolute Gasteiger partial charge is 0.434 e. The number of benzene rings is 1. The second-order valence-corrected chi connectivity index (χ2v) is 4.86. The Morgan fingerprint density at radius 3 is 2.52 bits per heavy atom. The summed E-state index contributed by atoms with van der Waals surface area (Å²) in [6, 6.07) is 10.5. The molecule has 0 saturated carbocycles. The van der Waals surface area contributed by atoms with Crippen molar-refractivity contribution in [2.24, 2.45) is 0 Å². The van der Waals surface area contributed by atoms with Crippen LogP contribution in [0.5, 0.6) is 11.6 Å². The van der Waals surface area contributed by atoms with Gasteiger partial charge in [-0.3, -0.25) is 10.1 Å². The van der Waals surface area contributed by atoms with Crippen LogP contribution >= 0.6 is 0 Å². The molecule has 2 aromatic heterocycles. The lowest BCUT2D eigenvalue weighted by atomic mass is 10.3. The van der Waals surface area contributed by atoms with Crippen LogP contribution in [0.25, 0.3) is 5.82 Å². The number of aromatic nitrogens is 4. The van der Waals surface area contributed by atoms with E-state index in [0.717, 1.165) is 11.4 Å². The van der Waals surface area contributed by atoms with Crippen molar-refractivity contribution in [1.29, 1.82) is 0 Å². The van der Waals surface area contributed by atoms with Gasteiger partial charge in [-0.1, -0.05) is 18.2 Å². The highest BCUT2D eigenvalue weighted by molar-refractivity contribution is 5.55. The fourth-order valence-corrected chi connectivity index (χ4v) is 2.19. The van der Waals surface area contributed by atoms with Gasteiger partial charge in [0, 0.05) is 5.69 Å². The molecule has 0 spiro atoms. The highest BCUT2D eigenvalue weighted by atomic mass is 16.6. The van der Waals surface area contributed by atoms with E-state index in [0.29, 0.717) is 5.75 Å². The number of hydrogen-bond acceptors (Lipinski definition) is 6. The van der Waals surface area contributed by atoms with Crippen LogP contribution in [-0.4, -0.2) is 24.7 Å². The second-order valence-electron chi connectivity index (χ2n) is 4.86. The van der Waals surface area contributed by atoms with Crippen LogP contribution in [0.3, 0.4) is 0 Å². The summed E-state index contributed by atoms with van der Waals surface area (Å²) in [5, 5.41) is 15.8. The van der Waals surface area contributed by atoms with Gasteiger partial charge in [0.15, 0.2) is 0 Å². The molecule has 8 nitrogen and oxygen atoms in total. The molecular weight excluding hydrogens is 298 g/mol. The van der Waals surface area contributed by atoms with Gasteiger partial charge < -0.3 is 4.74 Å². The zero-order valence-corrected chi connectivity index (χ0v) is 12.5. The predicted octanol–water partition coefficient (Wildman–Crippen LogP) is 2.98. The van der Waals surface area contributed by atoms with E-state index in [2.05, 4.69) is 15.1 Å². The van der Waals surface area contributed by atoms with Gasteiger partial charge in [-0.25, -0.2) is 9.67 Å². The Labute approximate surface area is 131 Å². The molecule has 0 amide bonds. The summed E-state index contributed by atoms with van der Waals surface area (Å²) in [7, 11) is 0. The normalized spacial score (nSPS) is 10.5. The zero-order chi connectivity index (χ0) is 16.4. The molecule has 8 heteroatoms. The number of para-hydroxylation sites is 1. The van der Waals surface area contributed by atoms with Gasteiger partial charge in [0.25, 0.3) is 0 Å². The smallest absolute Gasteiger partial charge is 0.375 e. The molecule has 0 atom stereocenters. The van der Waals surface area contributed by atoms with E-state index in [9.17, 15) is 10.1 Å². The minimum Gasteiger partial charge on any atom is -0.434 e. The van der Waals surface area contributed by atoms with Crippen LogP contribution in [0, 0.1) is 24.0 Å². The van der Waals surface area contributed by atoms with Crippen LogP contribution in [0.1, 0.15) is 11.4 Å². The van der Waals surface area contributed by atoms with Crippen LogP contribution in [0.4, 0.5) is 5.69 Å². The molecule has 0 bridgehead atoms. The Kier molecular flexibility index (Phi) is 3.71. The summed E-state index contributed by atoms with van der Waals surface area (Å²) in [4.78, 5) is 18.9. The lowest BCUT2D eigenvalue weighted by Gasteiger charge is -2.08. The first kappa shape index (κ1) is 14.6. The summed E-state index contributed by atoms with van der Waals surface area (Å²) in [5.74, 6) is 0.397. The van der Waals surface area contributed by atoms with Crippen molar-refractivity contribution in [2.45, 2.75) is 13.8 Å². The van der Waals surface area contributed by atoms with Gasteiger partial charge in [0.1, 0.15) is 12.1 Å². The average molecular weight is 311 g/mol. The summed E-state index contributed by atoms with van der Waals surface area (Å²) < 4.78 is 6.96. The number of nitrogens with zero attached hydrogens (tertiary/aromatic N) is 5. The number of ether oxygens (including phenoxy) is 1. The summed E-state index contributed by atoms with van der Waals surface area (Å²) in [5.41, 5.74) is 1.14. The van der Waals surface area contributed by atoms with E-state index < -0.39 is 4.92 Å². The van der Waals surface area contributed by atoms with Gasteiger partial charge in [-0.15, -0.1) is 0 Å². The molecule has 0 aliphatic rings. The second kappa shape index (κ2) is 5.84. The van der Waals surface area contributed by atoms with Gasteiger partial charge in [0.05, 0.1) is 10.6 Å². The van der Waals surface area contributed by atoms with Gasteiger partial charge in [-0.05, 0) is 32.0 Å². The van der Waals surface area contributed by atoms with E-state index in [4.69, 9.17) is 4.74 Å². The molecule has 0 aliphatic heterocycles. The molecule has 0 radical (unpaired) electrons. The maximum absolute atomic E-state index is 11.5. The van der Waals surface area contributed by atoms with Crippen molar-refractivity contribution < 1.29 is 9.66 Å². The average Bonchev–Trinajstić information content (AvgIpc) is 2.86. The number of aryl methyl sites for hydroxylation is 2. The Balaban J connectivity index is 2.13. The first-order valence-corrected chi connectivity index (χ1v) is 6.82. The molecule has 0 saturated heterocycles. The lowest BCUT2D eigenvalue weighted by molar-refractivity contribution is -0.386. The number of nitro groups is 1. The van der Waals surface area contributed by atoms with Crippen molar-refractivity contribution >= 4 is 5.69 Å². The molecule has 2 heterocycles. The van der Waals surface area contributed by atoms with Gasteiger partial charge in [-0.2, -0.15) is 10.1 Å². The monoisotopic (exact) mass is 311 g/mol. The third-order valence-corrected chi connectivity index (χ3v) is 3.12. The maximum Gasteiger partial charge on any atom is 0.375 e. The lowest BCUT2D eigenvalue weighted by Crippen LogP contribution is -2.08. The Morgan fingerprint density at radius 2 is 1.91 bits per heavy atom. The van der Waals surface area contributed by atoms with Gasteiger partial charge >= 0.3 is 11.6 Å². The van der Waals surface area contributed by atoms with E-state index in [1.807, 2.05) is 12.1 Å². The predicted molar refractivity (Wildman–Crippen MR) is 81.8 cm³/mol. The SMILES string of the molecule is Cc1cc(C)n(-c2ncnc(Oc3ccccc3)c2[N+](=O)[O-])n1. The molecule has 23 heavy (non-hydrogen) atoms. The molecule has 1 aromatic carbocycles.